The van der Waals surface area contributed by atoms with Gasteiger partial charge in [-0.3, -0.25) is 9.59 Å². The number of carboxylic acid groups (broad SMARTS) is 1. The smallest absolute Gasteiger partial charge is 0.317 e. The van der Waals surface area contributed by atoms with Gasteiger partial charge >= 0.3 is 12.0 Å². The maximum atomic E-state index is 12.1. The van der Waals surface area contributed by atoms with Gasteiger partial charge in [-0.05, 0) is 25.7 Å². The Morgan fingerprint density at radius 3 is 2.57 bits per heavy atom. The van der Waals surface area contributed by atoms with Crippen LogP contribution in [0.2, 0.25) is 0 Å². The standard InChI is InChI=1S/C14H25N3O4/c1-16(2)12(18)8-9-15-14(21)17-10-4-3-5-11(17)6-7-13(19)20/h11H,3-10H2,1-2H3,(H,15,21)(H,19,20). The summed E-state index contributed by atoms with van der Waals surface area (Å²) in [7, 11) is 3.35. The van der Waals surface area contributed by atoms with Crippen LogP contribution < -0.4 is 5.32 Å². The van der Waals surface area contributed by atoms with Crippen LogP contribution in [0, 0.1) is 0 Å². The Morgan fingerprint density at radius 1 is 1.24 bits per heavy atom. The second-order valence-corrected chi connectivity index (χ2v) is 5.55. The first-order valence-corrected chi connectivity index (χ1v) is 7.38. The predicted octanol–water partition coefficient (Wildman–Crippen LogP) is 0.894. The molecule has 2 N–H and O–H groups in total. The Labute approximate surface area is 125 Å². The number of nitrogens with zero attached hydrogens (tertiary/aromatic N) is 2. The van der Waals surface area contributed by atoms with E-state index in [-0.39, 0.29) is 30.8 Å². The summed E-state index contributed by atoms with van der Waals surface area (Å²) in [4.78, 5) is 37.5. The molecule has 7 heteroatoms. The van der Waals surface area contributed by atoms with E-state index in [2.05, 4.69) is 5.32 Å². The zero-order chi connectivity index (χ0) is 15.8. The summed E-state index contributed by atoms with van der Waals surface area (Å²) in [5.41, 5.74) is 0. The number of carboxylic acids is 1. The van der Waals surface area contributed by atoms with Crippen LogP contribution in [0.25, 0.3) is 0 Å². The summed E-state index contributed by atoms with van der Waals surface area (Å²) < 4.78 is 0. The zero-order valence-corrected chi connectivity index (χ0v) is 12.8. The number of likely N-dealkylation sites (tertiary alicyclic amines) is 1. The van der Waals surface area contributed by atoms with E-state index in [1.807, 2.05) is 0 Å². The molecule has 1 aliphatic rings. The Bertz CT molecular complexity index is 384. The van der Waals surface area contributed by atoms with Crippen molar-refractivity contribution in [3.8, 4) is 0 Å². The molecule has 1 fully saturated rings. The number of carbonyl (C=O) groups excluding carboxylic acids is 2. The van der Waals surface area contributed by atoms with Gasteiger partial charge in [-0.1, -0.05) is 0 Å². The minimum atomic E-state index is -0.836. The molecule has 0 aromatic rings. The SMILES string of the molecule is CN(C)C(=O)CCNC(=O)N1CCCCC1CCC(=O)O. The molecule has 7 nitrogen and oxygen atoms in total. The molecule has 0 aromatic carbocycles. The Morgan fingerprint density at radius 2 is 1.95 bits per heavy atom. The van der Waals surface area contributed by atoms with Gasteiger partial charge in [0.05, 0.1) is 0 Å². The van der Waals surface area contributed by atoms with Crippen LogP contribution in [0.3, 0.4) is 0 Å². The summed E-state index contributed by atoms with van der Waals surface area (Å²) in [5.74, 6) is -0.867. The average Bonchev–Trinajstić information content (AvgIpc) is 2.44. The van der Waals surface area contributed by atoms with Gasteiger partial charge in [0.15, 0.2) is 0 Å². The monoisotopic (exact) mass is 299 g/mol. The van der Waals surface area contributed by atoms with Crippen LogP contribution in [-0.2, 0) is 9.59 Å². The van der Waals surface area contributed by atoms with Crippen molar-refractivity contribution in [3.05, 3.63) is 0 Å². The van der Waals surface area contributed by atoms with Crippen LogP contribution in [-0.4, -0.2) is 66.0 Å². The van der Waals surface area contributed by atoms with Gasteiger partial charge in [0, 0.05) is 46.1 Å². The molecule has 1 heterocycles. The van der Waals surface area contributed by atoms with Crippen molar-refractivity contribution in [2.75, 3.05) is 27.2 Å². The van der Waals surface area contributed by atoms with Gasteiger partial charge in [0.25, 0.3) is 0 Å². The third-order valence-corrected chi connectivity index (χ3v) is 3.69. The number of aliphatic carboxylic acids is 1. The second kappa shape index (κ2) is 8.49. The molecule has 1 aliphatic heterocycles. The fraction of sp³-hybridized carbons (Fsp3) is 0.786. The van der Waals surface area contributed by atoms with Crippen molar-refractivity contribution >= 4 is 17.9 Å². The Kier molecular flexibility index (Phi) is 6.98. The molecule has 0 saturated carbocycles. The van der Waals surface area contributed by atoms with Gasteiger partial charge < -0.3 is 20.2 Å². The molecule has 0 spiro atoms. The number of hydrogen-bond acceptors (Lipinski definition) is 3. The van der Waals surface area contributed by atoms with Crippen LogP contribution >= 0.6 is 0 Å². The number of hydrogen-bond donors (Lipinski definition) is 2. The van der Waals surface area contributed by atoms with Crippen molar-refractivity contribution in [1.82, 2.24) is 15.1 Å². The third-order valence-electron chi connectivity index (χ3n) is 3.69. The van der Waals surface area contributed by atoms with E-state index in [0.29, 0.717) is 19.5 Å². The highest BCUT2D eigenvalue weighted by Crippen LogP contribution is 2.20. The molecule has 1 saturated heterocycles. The van der Waals surface area contributed by atoms with E-state index in [4.69, 9.17) is 5.11 Å². The van der Waals surface area contributed by atoms with E-state index in [1.165, 1.54) is 4.90 Å². The van der Waals surface area contributed by atoms with E-state index in [1.54, 1.807) is 19.0 Å². The molecule has 1 rings (SSSR count). The van der Waals surface area contributed by atoms with Crippen LogP contribution in [0.4, 0.5) is 4.79 Å². The van der Waals surface area contributed by atoms with E-state index in [9.17, 15) is 14.4 Å². The molecule has 0 aromatic heterocycles. The minimum absolute atomic E-state index is 0.0144. The lowest BCUT2D eigenvalue weighted by molar-refractivity contribution is -0.137. The molecule has 1 atom stereocenters. The van der Waals surface area contributed by atoms with Crippen molar-refractivity contribution in [2.45, 2.75) is 44.6 Å². The maximum absolute atomic E-state index is 12.1. The maximum Gasteiger partial charge on any atom is 0.317 e. The molecule has 21 heavy (non-hydrogen) atoms. The Balaban J connectivity index is 2.41. The molecule has 120 valence electrons. The number of piperidine rings is 1. The fourth-order valence-corrected chi connectivity index (χ4v) is 2.46. The predicted molar refractivity (Wildman–Crippen MR) is 77.9 cm³/mol. The van der Waals surface area contributed by atoms with Crippen molar-refractivity contribution in [1.29, 1.82) is 0 Å². The second-order valence-electron chi connectivity index (χ2n) is 5.55. The summed E-state index contributed by atoms with van der Waals surface area (Å²) in [5, 5.41) is 11.5. The molecule has 0 aliphatic carbocycles. The van der Waals surface area contributed by atoms with Crippen LogP contribution in [0.1, 0.15) is 38.5 Å². The first kappa shape index (κ1) is 17.3. The summed E-state index contributed by atoms with van der Waals surface area (Å²) in [6, 6.07) is -0.212. The summed E-state index contributed by atoms with van der Waals surface area (Å²) >= 11 is 0. The van der Waals surface area contributed by atoms with Gasteiger partial charge in [-0.25, -0.2) is 4.79 Å². The van der Waals surface area contributed by atoms with E-state index < -0.39 is 5.97 Å². The topological polar surface area (TPSA) is 90.0 Å². The van der Waals surface area contributed by atoms with Gasteiger partial charge in [0.2, 0.25) is 5.91 Å². The third kappa shape index (κ3) is 6.01. The Hall–Kier alpha value is -1.79. The first-order chi connectivity index (χ1) is 9.91. The lowest BCUT2D eigenvalue weighted by atomic mass is 9.98. The fourth-order valence-electron chi connectivity index (χ4n) is 2.46. The van der Waals surface area contributed by atoms with Crippen molar-refractivity contribution in [2.24, 2.45) is 0 Å². The molecular weight excluding hydrogens is 274 g/mol. The molecular formula is C14H25N3O4. The number of carbonyl (C=O) groups is 3. The van der Waals surface area contributed by atoms with Crippen molar-refractivity contribution in [3.63, 3.8) is 0 Å². The van der Waals surface area contributed by atoms with E-state index >= 15 is 0 Å². The van der Waals surface area contributed by atoms with Gasteiger partial charge in [-0.15, -0.1) is 0 Å². The normalized spacial score (nSPS) is 18.2. The van der Waals surface area contributed by atoms with Crippen LogP contribution in [0.15, 0.2) is 0 Å². The van der Waals surface area contributed by atoms with E-state index in [0.717, 1.165) is 19.3 Å². The number of amides is 3. The highest BCUT2D eigenvalue weighted by Gasteiger charge is 2.26. The van der Waals surface area contributed by atoms with Crippen molar-refractivity contribution < 1.29 is 19.5 Å². The zero-order valence-electron chi connectivity index (χ0n) is 12.8. The highest BCUT2D eigenvalue weighted by atomic mass is 16.4. The summed E-state index contributed by atoms with van der Waals surface area (Å²) in [6.45, 7) is 0.954. The number of nitrogens with one attached hydrogen (secondary N) is 1. The van der Waals surface area contributed by atoms with Gasteiger partial charge in [0.1, 0.15) is 0 Å². The number of urea groups is 1. The number of rotatable bonds is 6. The molecule has 0 bridgehead atoms. The molecule has 1 unspecified atom stereocenters. The minimum Gasteiger partial charge on any atom is -0.481 e. The molecule has 0 radical (unpaired) electrons. The molecule has 3 amide bonds. The highest BCUT2D eigenvalue weighted by molar-refractivity contribution is 5.78. The lowest BCUT2D eigenvalue weighted by Crippen LogP contribution is -2.49. The first-order valence-electron chi connectivity index (χ1n) is 7.38. The van der Waals surface area contributed by atoms with Gasteiger partial charge in [-0.2, -0.15) is 0 Å². The average molecular weight is 299 g/mol. The quantitative estimate of drug-likeness (QED) is 0.762. The largest absolute Gasteiger partial charge is 0.481 e. The lowest BCUT2D eigenvalue weighted by Gasteiger charge is -2.35. The summed E-state index contributed by atoms with van der Waals surface area (Å²) in [6.07, 6.45) is 3.64. The van der Waals surface area contributed by atoms with Crippen LogP contribution in [0.5, 0.6) is 0 Å².